The highest BCUT2D eigenvalue weighted by atomic mass is 16.5. The van der Waals surface area contributed by atoms with Crippen LogP contribution in [0, 0.1) is 6.92 Å². The Kier molecular flexibility index (Phi) is 6.20. The number of nitrogens with zero attached hydrogens (tertiary/aromatic N) is 1. The number of carbonyl (C=O) groups excluding carboxylic acids is 2. The number of furan rings is 1. The van der Waals surface area contributed by atoms with Crippen molar-refractivity contribution in [2.24, 2.45) is 5.10 Å². The summed E-state index contributed by atoms with van der Waals surface area (Å²) in [5.41, 5.74) is 5.11. The van der Waals surface area contributed by atoms with E-state index in [-0.39, 0.29) is 18.2 Å². The van der Waals surface area contributed by atoms with Gasteiger partial charge in [0.25, 0.3) is 5.91 Å². The van der Waals surface area contributed by atoms with Crippen molar-refractivity contribution < 1.29 is 18.7 Å². The Hall–Kier alpha value is -3.87. The number of benzene rings is 2. The zero-order valence-electron chi connectivity index (χ0n) is 15.2. The van der Waals surface area contributed by atoms with Crippen LogP contribution in [0.5, 0.6) is 5.75 Å². The van der Waals surface area contributed by atoms with Gasteiger partial charge in [-0.2, -0.15) is 5.10 Å². The van der Waals surface area contributed by atoms with Crippen LogP contribution in [-0.2, 0) is 4.79 Å². The fraction of sp³-hybridized carbons (Fsp3) is 0.0952. The van der Waals surface area contributed by atoms with E-state index in [2.05, 4.69) is 15.8 Å². The van der Waals surface area contributed by atoms with Crippen LogP contribution in [-0.4, -0.2) is 24.6 Å². The zero-order chi connectivity index (χ0) is 19.8. The summed E-state index contributed by atoms with van der Waals surface area (Å²) in [6.45, 7) is 2.10. The van der Waals surface area contributed by atoms with Gasteiger partial charge in [0.15, 0.2) is 0 Å². The molecule has 142 valence electrons. The quantitative estimate of drug-likeness (QED) is 0.285. The van der Waals surface area contributed by atoms with Crippen LogP contribution in [0.25, 0.3) is 0 Å². The van der Waals surface area contributed by atoms with Gasteiger partial charge in [-0.05, 0) is 48.9 Å². The lowest BCUT2D eigenvalue weighted by atomic mass is 10.2. The second kappa shape index (κ2) is 9.18. The fourth-order valence-corrected chi connectivity index (χ4v) is 2.28. The van der Waals surface area contributed by atoms with E-state index in [1.54, 1.807) is 30.3 Å². The first-order valence-electron chi connectivity index (χ1n) is 8.58. The van der Waals surface area contributed by atoms with Gasteiger partial charge in [-0.25, -0.2) is 10.2 Å². The first kappa shape index (κ1) is 18.9. The predicted octanol–water partition coefficient (Wildman–Crippen LogP) is 3.37. The van der Waals surface area contributed by atoms with Gasteiger partial charge in [-0.15, -0.1) is 0 Å². The minimum absolute atomic E-state index is 0.0984. The van der Waals surface area contributed by atoms with Crippen molar-refractivity contribution in [2.45, 2.75) is 6.92 Å². The Morgan fingerprint density at radius 3 is 2.68 bits per heavy atom. The highest BCUT2D eigenvalue weighted by Gasteiger charge is 2.11. The highest BCUT2D eigenvalue weighted by Crippen LogP contribution is 2.14. The molecule has 0 aliphatic carbocycles. The topological polar surface area (TPSA) is 92.9 Å². The van der Waals surface area contributed by atoms with Gasteiger partial charge >= 0.3 is 5.97 Å². The largest absolute Gasteiger partial charge is 0.457 e. The number of rotatable bonds is 7. The van der Waals surface area contributed by atoms with Gasteiger partial charge in [0.2, 0.25) is 5.76 Å². The van der Waals surface area contributed by atoms with Crippen molar-refractivity contribution in [2.75, 3.05) is 11.9 Å². The Morgan fingerprint density at radius 2 is 1.93 bits per heavy atom. The summed E-state index contributed by atoms with van der Waals surface area (Å²) in [6.07, 6.45) is 2.87. The zero-order valence-corrected chi connectivity index (χ0v) is 15.2. The molecule has 0 fully saturated rings. The molecule has 28 heavy (non-hydrogen) atoms. The van der Waals surface area contributed by atoms with E-state index in [0.717, 1.165) is 11.3 Å². The number of nitrogens with one attached hydrogen (secondary N) is 2. The molecule has 2 aromatic carbocycles. The van der Waals surface area contributed by atoms with Gasteiger partial charge in [0, 0.05) is 5.69 Å². The molecular weight excluding hydrogens is 358 g/mol. The summed E-state index contributed by atoms with van der Waals surface area (Å²) >= 11 is 0. The van der Waals surface area contributed by atoms with E-state index in [1.165, 1.54) is 18.5 Å². The van der Waals surface area contributed by atoms with E-state index in [1.807, 2.05) is 31.2 Å². The lowest BCUT2D eigenvalue weighted by molar-refractivity contribution is -0.119. The van der Waals surface area contributed by atoms with Crippen LogP contribution < -0.4 is 15.5 Å². The number of ether oxygens (including phenoxy) is 1. The molecule has 1 amide bonds. The SMILES string of the molecule is Cc1ccc(NCC(=O)N/N=C\c2cccc(OC(=O)c3ccco3)c2)cc1. The molecule has 1 aromatic heterocycles. The summed E-state index contributed by atoms with van der Waals surface area (Å²) in [4.78, 5) is 23.7. The molecule has 0 unspecified atom stereocenters. The van der Waals surface area contributed by atoms with Crippen LogP contribution in [0.15, 0.2) is 76.4 Å². The van der Waals surface area contributed by atoms with Crippen molar-refractivity contribution in [1.29, 1.82) is 0 Å². The molecule has 2 N–H and O–H groups in total. The normalized spacial score (nSPS) is 10.6. The van der Waals surface area contributed by atoms with E-state index in [0.29, 0.717) is 11.3 Å². The summed E-state index contributed by atoms with van der Waals surface area (Å²) in [6, 6.07) is 17.6. The average molecular weight is 377 g/mol. The molecule has 3 aromatic rings. The Morgan fingerprint density at radius 1 is 1.11 bits per heavy atom. The molecule has 7 heteroatoms. The van der Waals surface area contributed by atoms with Gasteiger partial charge in [-0.3, -0.25) is 4.79 Å². The number of esters is 1. The summed E-state index contributed by atoms with van der Waals surface area (Å²) in [5.74, 6) is -0.406. The molecule has 7 nitrogen and oxygen atoms in total. The number of amides is 1. The summed E-state index contributed by atoms with van der Waals surface area (Å²) in [7, 11) is 0. The van der Waals surface area contributed by atoms with Gasteiger partial charge in [0.05, 0.1) is 19.0 Å². The average Bonchev–Trinajstić information content (AvgIpc) is 3.23. The maximum atomic E-state index is 11.9. The Balaban J connectivity index is 1.49. The molecule has 0 atom stereocenters. The summed E-state index contributed by atoms with van der Waals surface area (Å²) in [5, 5.41) is 6.93. The third-order valence-electron chi connectivity index (χ3n) is 3.70. The molecular formula is C21H19N3O4. The number of hydrazone groups is 1. The molecule has 0 saturated heterocycles. The summed E-state index contributed by atoms with van der Waals surface area (Å²) < 4.78 is 10.2. The molecule has 0 saturated carbocycles. The standard InChI is InChI=1S/C21H19N3O4/c1-15-7-9-17(10-8-15)22-14-20(25)24-23-13-16-4-2-5-18(12-16)28-21(26)19-6-3-11-27-19/h2-13,22H,14H2,1H3,(H,24,25)/b23-13-. The number of aryl methyl sites for hydroxylation is 1. The Bertz CT molecular complexity index is 964. The first-order chi connectivity index (χ1) is 13.6. The lowest BCUT2D eigenvalue weighted by Crippen LogP contribution is -2.25. The minimum atomic E-state index is -0.588. The van der Waals surface area contributed by atoms with E-state index < -0.39 is 5.97 Å². The van der Waals surface area contributed by atoms with Crippen LogP contribution in [0.2, 0.25) is 0 Å². The fourth-order valence-electron chi connectivity index (χ4n) is 2.28. The molecule has 0 spiro atoms. The van der Waals surface area contributed by atoms with Crippen LogP contribution in [0.3, 0.4) is 0 Å². The van der Waals surface area contributed by atoms with Crippen molar-refractivity contribution in [3.63, 3.8) is 0 Å². The smallest absolute Gasteiger partial charge is 0.379 e. The van der Waals surface area contributed by atoms with Gasteiger partial charge in [-0.1, -0.05) is 29.8 Å². The number of hydrogen-bond acceptors (Lipinski definition) is 6. The molecule has 0 radical (unpaired) electrons. The van der Waals surface area contributed by atoms with E-state index in [4.69, 9.17) is 9.15 Å². The molecule has 0 aliphatic rings. The van der Waals surface area contributed by atoms with Crippen molar-refractivity contribution in [3.05, 3.63) is 83.8 Å². The lowest BCUT2D eigenvalue weighted by Gasteiger charge is -2.05. The monoisotopic (exact) mass is 377 g/mol. The second-order valence-electron chi connectivity index (χ2n) is 5.95. The van der Waals surface area contributed by atoms with E-state index in [9.17, 15) is 9.59 Å². The van der Waals surface area contributed by atoms with Crippen LogP contribution >= 0.6 is 0 Å². The van der Waals surface area contributed by atoms with Crippen LogP contribution in [0.1, 0.15) is 21.7 Å². The van der Waals surface area contributed by atoms with E-state index >= 15 is 0 Å². The van der Waals surface area contributed by atoms with Crippen LogP contribution in [0.4, 0.5) is 5.69 Å². The molecule has 1 heterocycles. The van der Waals surface area contributed by atoms with Gasteiger partial charge in [0.1, 0.15) is 5.75 Å². The molecule has 0 aliphatic heterocycles. The van der Waals surface area contributed by atoms with Gasteiger partial charge < -0.3 is 14.5 Å². The van der Waals surface area contributed by atoms with Crippen molar-refractivity contribution in [3.8, 4) is 5.75 Å². The molecule has 0 bridgehead atoms. The third-order valence-corrected chi connectivity index (χ3v) is 3.70. The van der Waals surface area contributed by atoms with Crippen molar-refractivity contribution in [1.82, 2.24) is 5.43 Å². The maximum Gasteiger partial charge on any atom is 0.379 e. The Labute approximate surface area is 162 Å². The second-order valence-corrected chi connectivity index (χ2v) is 5.95. The number of carbonyl (C=O) groups is 2. The first-order valence-corrected chi connectivity index (χ1v) is 8.58. The maximum absolute atomic E-state index is 11.9. The number of anilines is 1. The highest BCUT2D eigenvalue weighted by molar-refractivity contribution is 5.89. The number of hydrogen-bond donors (Lipinski definition) is 2. The third kappa shape index (κ3) is 5.57. The van der Waals surface area contributed by atoms with Crippen molar-refractivity contribution >= 4 is 23.8 Å². The minimum Gasteiger partial charge on any atom is -0.457 e. The predicted molar refractivity (Wildman–Crippen MR) is 106 cm³/mol. The molecule has 3 rings (SSSR count).